The molecule has 3 rings (SSSR count). The van der Waals surface area contributed by atoms with Crippen LogP contribution in [-0.2, 0) is 0 Å². The van der Waals surface area contributed by atoms with E-state index in [1.54, 1.807) is 12.3 Å². The zero-order valence-corrected chi connectivity index (χ0v) is 11.8. The predicted molar refractivity (Wildman–Crippen MR) is 83.5 cm³/mol. The molecule has 2 aromatic carbocycles. The molecule has 1 heterocycles. The Labute approximate surface area is 126 Å². The van der Waals surface area contributed by atoms with Crippen LogP contribution in [0.5, 0.6) is 0 Å². The highest BCUT2D eigenvalue weighted by Gasteiger charge is 2.14. The molecule has 4 nitrogen and oxygen atoms in total. The molecule has 0 bridgehead atoms. The van der Waals surface area contributed by atoms with E-state index in [0.29, 0.717) is 15.8 Å². The van der Waals surface area contributed by atoms with E-state index in [9.17, 15) is 0 Å². The van der Waals surface area contributed by atoms with Crippen molar-refractivity contribution in [3.05, 3.63) is 64.1 Å². The van der Waals surface area contributed by atoms with Gasteiger partial charge < -0.3 is 0 Å². The van der Waals surface area contributed by atoms with Crippen LogP contribution in [0.3, 0.4) is 0 Å². The molecule has 0 amide bonds. The molecule has 1 aliphatic heterocycles. The molecule has 0 aromatic heterocycles. The molecule has 0 fully saturated rings. The van der Waals surface area contributed by atoms with Crippen LogP contribution in [-0.4, -0.2) is 11.9 Å². The number of nitrogens with one attached hydrogen (secondary N) is 1. The van der Waals surface area contributed by atoms with Crippen molar-refractivity contribution >= 4 is 40.8 Å². The Morgan fingerprint density at radius 3 is 2.25 bits per heavy atom. The number of nitrogens with zero attached hydrogens (tertiary/aromatic N) is 3. The minimum absolute atomic E-state index is 0.591. The fourth-order valence-electron chi connectivity index (χ4n) is 1.81. The van der Waals surface area contributed by atoms with Crippen molar-refractivity contribution in [3.8, 4) is 0 Å². The lowest BCUT2D eigenvalue weighted by atomic mass is 10.1. The normalized spacial score (nSPS) is 13.9. The summed E-state index contributed by atoms with van der Waals surface area (Å²) in [6, 6.07) is 14.9. The molecule has 0 unspecified atom stereocenters. The van der Waals surface area contributed by atoms with Crippen LogP contribution in [0.25, 0.3) is 0 Å². The summed E-state index contributed by atoms with van der Waals surface area (Å²) >= 11 is 12.2. The van der Waals surface area contributed by atoms with Gasteiger partial charge in [-0.25, -0.2) is 0 Å². The smallest absolute Gasteiger partial charge is 0.114 e. The van der Waals surface area contributed by atoms with Crippen LogP contribution in [0.4, 0.5) is 5.69 Å². The van der Waals surface area contributed by atoms with E-state index in [1.165, 1.54) is 5.12 Å². The summed E-state index contributed by atoms with van der Waals surface area (Å²) in [5.41, 5.74) is 5.05. The summed E-state index contributed by atoms with van der Waals surface area (Å²) in [7, 11) is 0. The highest BCUT2D eigenvalue weighted by atomic mass is 35.5. The third kappa shape index (κ3) is 2.48. The molecule has 20 heavy (non-hydrogen) atoms. The Kier molecular flexibility index (Phi) is 3.58. The maximum Gasteiger partial charge on any atom is 0.114 e. The summed E-state index contributed by atoms with van der Waals surface area (Å²) in [6.45, 7) is 0. The molecule has 0 aliphatic carbocycles. The standard InChI is InChI=1S/C14H10Cl2N4/c15-11-6-2-1-5-10(11)13-9-17-20(19-18-13)14-8-4-3-7-12(14)16/h1-9,19H. The van der Waals surface area contributed by atoms with Crippen molar-refractivity contribution < 1.29 is 0 Å². The number of hydrazine groups is 1. The fraction of sp³-hybridized carbons (Fsp3) is 0. The number of anilines is 1. The first-order valence-electron chi connectivity index (χ1n) is 5.92. The molecule has 0 radical (unpaired) electrons. The van der Waals surface area contributed by atoms with E-state index >= 15 is 0 Å². The quantitative estimate of drug-likeness (QED) is 0.919. The van der Waals surface area contributed by atoms with Gasteiger partial charge in [0.2, 0.25) is 0 Å². The lowest BCUT2D eigenvalue weighted by molar-refractivity contribution is 0.679. The molecule has 0 saturated carbocycles. The van der Waals surface area contributed by atoms with Crippen molar-refractivity contribution in [2.45, 2.75) is 0 Å². The summed E-state index contributed by atoms with van der Waals surface area (Å²) in [4.78, 5) is 0. The van der Waals surface area contributed by atoms with Crippen molar-refractivity contribution in [3.63, 3.8) is 0 Å². The van der Waals surface area contributed by atoms with Crippen LogP contribution in [0.1, 0.15) is 5.56 Å². The highest BCUT2D eigenvalue weighted by molar-refractivity contribution is 6.44. The van der Waals surface area contributed by atoms with Gasteiger partial charge in [0.05, 0.1) is 16.3 Å². The number of halogens is 2. The third-order valence-electron chi connectivity index (χ3n) is 2.79. The summed E-state index contributed by atoms with van der Waals surface area (Å²) in [5, 5.41) is 11.3. The molecule has 0 saturated heterocycles. The van der Waals surface area contributed by atoms with E-state index in [-0.39, 0.29) is 0 Å². The fourth-order valence-corrected chi connectivity index (χ4v) is 2.25. The Morgan fingerprint density at radius 1 is 0.900 bits per heavy atom. The Hall–Kier alpha value is -2.04. The van der Waals surface area contributed by atoms with Crippen molar-refractivity contribution in [1.82, 2.24) is 5.53 Å². The first-order chi connectivity index (χ1) is 9.75. The van der Waals surface area contributed by atoms with Gasteiger partial charge in [0.15, 0.2) is 0 Å². The van der Waals surface area contributed by atoms with Gasteiger partial charge in [-0.15, -0.1) is 0 Å². The van der Waals surface area contributed by atoms with Crippen LogP contribution in [0, 0.1) is 0 Å². The van der Waals surface area contributed by atoms with Crippen LogP contribution < -0.4 is 10.7 Å². The number of hydrogen-bond donors (Lipinski definition) is 1. The monoisotopic (exact) mass is 304 g/mol. The van der Waals surface area contributed by atoms with Gasteiger partial charge in [0, 0.05) is 5.56 Å². The number of hydrogen-bond acceptors (Lipinski definition) is 4. The first-order valence-corrected chi connectivity index (χ1v) is 6.68. The number of benzene rings is 2. The minimum Gasteiger partial charge on any atom is -0.197 e. The SMILES string of the molecule is Clc1ccccc1C1=NNN(c2ccccc2Cl)N=C1. The zero-order chi connectivity index (χ0) is 13.9. The second-order valence-corrected chi connectivity index (χ2v) is 4.90. The number of para-hydroxylation sites is 1. The molecule has 1 aliphatic rings. The predicted octanol–water partition coefficient (Wildman–Crippen LogP) is 3.71. The maximum absolute atomic E-state index is 6.13. The van der Waals surface area contributed by atoms with Crippen molar-refractivity contribution in [1.29, 1.82) is 0 Å². The first kappa shape index (κ1) is 13.0. The Morgan fingerprint density at radius 2 is 1.60 bits per heavy atom. The second kappa shape index (κ2) is 5.53. The molecule has 1 N–H and O–H groups in total. The molecule has 6 heteroatoms. The van der Waals surface area contributed by atoms with Gasteiger partial charge in [0.25, 0.3) is 0 Å². The van der Waals surface area contributed by atoms with E-state index in [0.717, 1.165) is 11.3 Å². The Bertz CT molecular complexity index is 697. The van der Waals surface area contributed by atoms with E-state index < -0.39 is 0 Å². The van der Waals surface area contributed by atoms with Gasteiger partial charge >= 0.3 is 0 Å². The highest BCUT2D eigenvalue weighted by Crippen LogP contribution is 2.25. The summed E-state index contributed by atoms with van der Waals surface area (Å²) in [6.07, 6.45) is 1.64. The molecule has 2 aromatic rings. The van der Waals surface area contributed by atoms with Crippen molar-refractivity contribution in [2.75, 3.05) is 5.12 Å². The average molecular weight is 305 g/mol. The molecule has 0 atom stereocenters. The minimum atomic E-state index is 0.591. The molecular formula is C14H10Cl2N4. The van der Waals surface area contributed by atoms with E-state index in [2.05, 4.69) is 15.7 Å². The molecule has 100 valence electrons. The molecular weight excluding hydrogens is 295 g/mol. The van der Waals surface area contributed by atoms with Crippen LogP contribution >= 0.6 is 23.2 Å². The Balaban J connectivity index is 1.85. The van der Waals surface area contributed by atoms with E-state index in [1.807, 2.05) is 42.5 Å². The second-order valence-electron chi connectivity index (χ2n) is 4.08. The van der Waals surface area contributed by atoms with Gasteiger partial charge in [-0.3, -0.25) is 0 Å². The summed E-state index contributed by atoms with van der Waals surface area (Å²) in [5.74, 6) is 0. The van der Waals surface area contributed by atoms with E-state index in [4.69, 9.17) is 23.2 Å². The largest absolute Gasteiger partial charge is 0.197 e. The van der Waals surface area contributed by atoms with Crippen LogP contribution in [0.2, 0.25) is 10.0 Å². The topological polar surface area (TPSA) is 40.0 Å². The van der Waals surface area contributed by atoms with Gasteiger partial charge in [-0.1, -0.05) is 53.5 Å². The van der Waals surface area contributed by atoms with Gasteiger partial charge in [0.1, 0.15) is 11.4 Å². The van der Waals surface area contributed by atoms with Gasteiger partial charge in [-0.05, 0) is 18.2 Å². The van der Waals surface area contributed by atoms with Crippen LogP contribution in [0.15, 0.2) is 58.7 Å². The van der Waals surface area contributed by atoms with Gasteiger partial charge in [-0.2, -0.15) is 20.9 Å². The number of rotatable bonds is 2. The lowest BCUT2D eigenvalue weighted by Gasteiger charge is -2.22. The summed E-state index contributed by atoms with van der Waals surface area (Å²) < 4.78 is 0. The zero-order valence-electron chi connectivity index (χ0n) is 10.3. The van der Waals surface area contributed by atoms with Crippen molar-refractivity contribution in [2.24, 2.45) is 10.2 Å². The third-order valence-corrected chi connectivity index (χ3v) is 3.44. The molecule has 0 spiro atoms. The lowest BCUT2D eigenvalue weighted by Crippen LogP contribution is -2.35. The maximum atomic E-state index is 6.13. The average Bonchev–Trinajstić information content (AvgIpc) is 2.49. The number of hydrazone groups is 2.